The molecule has 0 aliphatic heterocycles. The van der Waals surface area contributed by atoms with Gasteiger partial charge < -0.3 is 10.6 Å². The van der Waals surface area contributed by atoms with Gasteiger partial charge in [0.25, 0.3) is 0 Å². The van der Waals surface area contributed by atoms with E-state index in [-0.39, 0.29) is 0 Å². The van der Waals surface area contributed by atoms with E-state index in [4.69, 9.17) is 0 Å². The van der Waals surface area contributed by atoms with Crippen molar-refractivity contribution >= 4 is 22.9 Å². The molecule has 3 rings (SSSR count). The number of aromatic nitrogens is 2. The second kappa shape index (κ2) is 5.27. The first-order valence-electron chi connectivity index (χ1n) is 6.09. The average molecular weight is 250 g/mol. The SMILES string of the molecule is c1ccc(Nc2cn[nH]c2Nc2ccccc2)cc1. The van der Waals surface area contributed by atoms with Crippen LogP contribution in [-0.2, 0) is 0 Å². The summed E-state index contributed by atoms with van der Waals surface area (Å²) in [5.74, 6) is 0.843. The van der Waals surface area contributed by atoms with Crippen LogP contribution in [0, 0.1) is 0 Å². The lowest BCUT2D eigenvalue weighted by molar-refractivity contribution is 1.09. The molecule has 0 unspecified atom stereocenters. The van der Waals surface area contributed by atoms with E-state index in [0.29, 0.717) is 0 Å². The van der Waals surface area contributed by atoms with Crippen molar-refractivity contribution in [3.63, 3.8) is 0 Å². The minimum absolute atomic E-state index is 0.843. The van der Waals surface area contributed by atoms with Crippen LogP contribution in [0.15, 0.2) is 66.9 Å². The quantitative estimate of drug-likeness (QED) is 0.658. The Kier molecular flexibility index (Phi) is 3.14. The number of rotatable bonds is 4. The van der Waals surface area contributed by atoms with Gasteiger partial charge in [-0.3, -0.25) is 5.10 Å². The van der Waals surface area contributed by atoms with Gasteiger partial charge in [-0.15, -0.1) is 0 Å². The van der Waals surface area contributed by atoms with E-state index in [1.807, 2.05) is 60.7 Å². The van der Waals surface area contributed by atoms with Crippen LogP contribution in [0.1, 0.15) is 0 Å². The van der Waals surface area contributed by atoms with Crippen LogP contribution in [0.25, 0.3) is 0 Å². The van der Waals surface area contributed by atoms with Gasteiger partial charge in [-0.05, 0) is 24.3 Å². The molecule has 0 saturated carbocycles. The Morgan fingerprint density at radius 2 is 1.32 bits per heavy atom. The molecular formula is C15H14N4. The van der Waals surface area contributed by atoms with E-state index >= 15 is 0 Å². The largest absolute Gasteiger partial charge is 0.351 e. The van der Waals surface area contributed by atoms with Crippen LogP contribution in [0.3, 0.4) is 0 Å². The van der Waals surface area contributed by atoms with Crippen molar-refractivity contribution in [2.75, 3.05) is 10.6 Å². The summed E-state index contributed by atoms with van der Waals surface area (Å²) in [7, 11) is 0. The third-order valence-corrected chi connectivity index (χ3v) is 2.74. The predicted molar refractivity (Wildman–Crippen MR) is 78.0 cm³/mol. The van der Waals surface area contributed by atoms with E-state index in [0.717, 1.165) is 22.9 Å². The molecule has 4 nitrogen and oxygen atoms in total. The van der Waals surface area contributed by atoms with E-state index in [1.165, 1.54) is 0 Å². The number of hydrogen-bond acceptors (Lipinski definition) is 3. The molecule has 19 heavy (non-hydrogen) atoms. The third kappa shape index (κ3) is 2.74. The Hall–Kier alpha value is -2.75. The molecule has 1 heterocycles. The van der Waals surface area contributed by atoms with Crippen LogP contribution in [0.2, 0.25) is 0 Å². The fraction of sp³-hybridized carbons (Fsp3) is 0. The molecule has 0 saturated heterocycles. The fourth-order valence-electron chi connectivity index (χ4n) is 1.82. The molecule has 0 radical (unpaired) electrons. The highest BCUT2D eigenvalue weighted by atomic mass is 15.2. The summed E-state index contributed by atoms with van der Waals surface area (Å²) in [5.41, 5.74) is 2.96. The number of anilines is 4. The standard InChI is InChI=1S/C15H14N4/c1-3-7-12(8-4-1)17-14-11-16-19-15(14)18-13-9-5-2-6-10-13/h1-11,17H,(H2,16,18,19). The molecule has 3 N–H and O–H groups in total. The zero-order chi connectivity index (χ0) is 12.9. The number of hydrogen-bond donors (Lipinski definition) is 3. The summed E-state index contributed by atoms with van der Waals surface area (Å²) in [6.45, 7) is 0. The van der Waals surface area contributed by atoms with Gasteiger partial charge >= 0.3 is 0 Å². The molecule has 0 bridgehead atoms. The maximum Gasteiger partial charge on any atom is 0.150 e. The topological polar surface area (TPSA) is 52.7 Å². The van der Waals surface area contributed by atoms with E-state index in [9.17, 15) is 0 Å². The smallest absolute Gasteiger partial charge is 0.150 e. The zero-order valence-electron chi connectivity index (χ0n) is 10.3. The summed E-state index contributed by atoms with van der Waals surface area (Å²) in [6, 6.07) is 20.0. The Bertz CT molecular complexity index is 576. The highest BCUT2D eigenvalue weighted by molar-refractivity contribution is 5.74. The molecule has 1 aromatic heterocycles. The zero-order valence-corrected chi connectivity index (χ0v) is 10.3. The van der Waals surface area contributed by atoms with Gasteiger partial charge in [0.05, 0.1) is 6.20 Å². The normalized spacial score (nSPS) is 10.1. The van der Waals surface area contributed by atoms with Crippen molar-refractivity contribution in [1.82, 2.24) is 10.2 Å². The van der Waals surface area contributed by atoms with Gasteiger partial charge in [0.2, 0.25) is 0 Å². The Labute approximate surface area is 111 Å². The van der Waals surface area contributed by atoms with Gasteiger partial charge in [0, 0.05) is 11.4 Å². The number of benzene rings is 2. The minimum atomic E-state index is 0.843. The summed E-state index contributed by atoms with van der Waals surface area (Å²) in [5, 5.41) is 13.6. The molecule has 0 fully saturated rings. The molecule has 2 aromatic carbocycles. The number of aromatic amines is 1. The molecule has 0 atom stereocenters. The van der Waals surface area contributed by atoms with Crippen molar-refractivity contribution in [1.29, 1.82) is 0 Å². The number of nitrogens with zero attached hydrogens (tertiary/aromatic N) is 1. The highest BCUT2D eigenvalue weighted by Crippen LogP contribution is 2.25. The maximum atomic E-state index is 4.06. The number of nitrogens with one attached hydrogen (secondary N) is 3. The lowest BCUT2D eigenvalue weighted by atomic mass is 10.3. The molecule has 0 aliphatic carbocycles. The summed E-state index contributed by atoms with van der Waals surface area (Å²) in [4.78, 5) is 0. The van der Waals surface area contributed by atoms with Crippen LogP contribution in [-0.4, -0.2) is 10.2 Å². The Balaban J connectivity index is 1.79. The van der Waals surface area contributed by atoms with Crippen molar-refractivity contribution in [3.05, 3.63) is 66.9 Å². The second-order valence-corrected chi connectivity index (χ2v) is 4.14. The van der Waals surface area contributed by atoms with Crippen LogP contribution < -0.4 is 10.6 Å². The van der Waals surface area contributed by atoms with Crippen molar-refractivity contribution in [3.8, 4) is 0 Å². The number of para-hydroxylation sites is 2. The highest BCUT2D eigenvalue weighted by Gasteiger charge is 2.05. The summed E-state index contributed by atoms with van der Waals surface area (Å²) >= 11 is 0. The molecule has 3 aromatic rings. The van der Waals surface area contributed by atoms with Gasteiger partial charge in [-0.1, -0.05) is 36.4 Å². The van der Waals surface area contributed by atoms with Crippen LogP contribution >= 0.6 is 0 Å². The first-order valence-corrected chi connectivity index (χ1v) is 6.09. The van der Waals surface area contributed by atoms with Gasteiger partial charge in [-0.25, -0.2) is 0 Å². The molecule has 0 aliphatic rings. The minimum Gasteiger partial charge on any atom is -0.351 e. The van der Waals surface area contributed by atoms with Crippen molar-refractivity contribution < 1.29 is 0 Å². The molecule has 4 heteroatoms. The van der Waals surface area contributed by atoms with Gasteiger partial charge in [-0.2, -0.15) is 5.10 Å². The number of H-pyrrole nitrogens is 1. The maximum absolute atomic E-state index is 4.06. The summed E-state index contributed by atoms with van der Waals surface area (Å²) in [6.07, 6.45) is 1.76. The Morgan fingerprint density at radius 3 is 1.95 bits per heavy atom. The second-order valence-electron chi connectivity index (χ2n) is 4.14. The van der Waals surface area contributed by atoms with Crippen molar-refractivity contribution in [2.24, 2.45) is 0 Å². The molecule has 94 valence electrons. The van der Waals surface area contributed by atoms with Gasteiger partial charge in [0.15, 0.2) is 0 Å². The van der Waals surface area contributed by atoms with Gasteiger partial charge in [0.1, 0.15) is 11.5 Å². The predicted octanol–water partition coefficient (Wildman–Crippen LogP) is 3.90. The molecular weight excluding hydrogens is 236 g/mol. The monoisotopic (exact) mass is 250 g/mol. The lowest BCUT2D eigenvalue weighted by Crippen LogP contribution is -1.95. The molecule has 0 spiro atoms. The first-order chi connectivity index (χ1) is 9.42. The van der Waals surface area contributed by atoms with E-state index in [2.05, 4.69) is 20.8 Å². The first kappa shape index (κ1) is 11.3. The van der Waals surface area contributed by atoms with Crippen LogP contribution in [0.5, 0.6) is 0 Å². The average Bonchev–Trinajstić information content (AvgIpc) is 2.88. The third-order valence-electron chi connectivity index (χ3n) is 2.74. The van der Waals surface area contributed by atoms with E-state index in [1.54, 1.807) is 6.20 Å². The van der Waals surface area contributed by atoms with E-state index < -0.39 is 0 Å². The Morgan fingerprint density at radius 1 is 0.737 bits per heavy atom. The van der Waals surface area contributed by atoms with Crippen molar-refractivity contribution in [2.45, 2.75) is 0 Å². The molecule has 0 amide bonds. The fourth-order valence-corrected chi connectivity index (χ4v) is 1.82. The van der Waals surface area contributed by atoms with Crippen LogP contribution in [0.4, 0.5) is 22.9 Å². The lowest BCUT2D eigenvalue weighted by Gasteiger charge is -2.08. The summed E-state index contributed by atoms with van der Waals surface area (Å²) < 4.78 is 0.